The topological polar surface area (TPSA) is 54.6 Å². The Morgan fingerprint density at radius 1 is 0.562 bits per heavy atom. The molecule has 3 fully saturated rings. The third-order valence-corrected chi connectivity index (χ3v) is 7.95. The van der Waals surface area contributed by atoms with Gasteiger partial charge in [-0.05, 0) is 71.1 Å². The Morgan fingerprint density at radius 3 is 1.47 bits per heavy atom. The summed E-state index contributed by atoms with van der Waals surface area (Å²) in [4.78, 5) is 5.54. The molecule has 4 atom stereocenters. The van der Waals surface area contributed by atoms with Gasteiger partial charge in [0, 0.05) is 63.4 Å². The summed E-state index contributed by atoms with van der Waals surface area (Å²) in [6.07, 6.45) is 18.2. The monoisotopic (exact) mass is 446 g/mol. The van der Waals surface area contributed by atoms with Crippen LogP contribution in [0.25, 0.3) is 0 Å². The largest absolute Gasteiger partial charge is 0.313 e. The molecule has 32 heavy (non-hydrogen) atoms. The summed E-state index contributed by atoms with van der Waals surface area (Å²) in [5.74, 6) is 0. The van der Waals surface area contributed by atoms with Gasteiger partial charge in [0.15, 0.2) is 0 Å². The molecule has 184 valence electrons. The molecule has 3 saturated heterocycles. The summed E-state index contributed by atoms with van der Waals surface area (Å²) in [5.41, 5.74) is 0. The zero-order valence-electron chi connectivity index (χ0n) is 20.5. The fourth-order valence-electron chi connectivity index (χ4n) is 6.06. The summed E-state index contributed by atoms with van der Waals surface area (Å²) in [5, 5.41) is 15.1. The number of hydrogen-bond donors (Lipinski definition) is 4. The van der Waals surface area contributed by atoms with Gasteiger partial charge in [-0.15, -0.1) is 0 Å². The third kappa shape index (κ3) is 8.69. The van der Waals surface area contributed by atoms with Gasteiger partial charge < -0.3 is 21.3 Å². The van der Waals surface area contributed by atoms with Gasteiger partial charge in [-0.2, -0.15) is 0 Å². The Balaban J connectivity index is 1.33. The molecule has 0 saturated carbocycles. The van der Waals surface area contributed by atoms with Crippen molar-refractivity contribution in [1.82, 2.24) is 31.1 Å². The maximum absolute atomic E-state index is 3.80. The minimum absolute atomic E-state index is 0.515. The summed E-state index contributed by atoms with van der Waals surface area (Å²) < 4.78 is 0. The molecule has 0 aromatic heterocycles. The normalized spacial score (nSPS) is 31.9. The van der Waals surface area contributed by atoms with E-state index in [9.17, 15) is 0 Å². The first kappa shape index (κ1) is 24.6. The molecule has 4 aliphatic rings. The molecule has 0 bridgehead atoms. The van der Waals surface area contributed by atoms with Crippen molar-refractivity contribution >= 4 is 0 Å². The van der Waals surface area contributed by atoms with Crippen molar-refractivity contribution in [1.29, 1.82) is 0 Å². The van der Waals surface area contributed by atoms with Crippen LogP contribution >= 0.6 is 0 Å². The van der Waals surface area contributed by atoms with Gasteiger partial charge in [-0.1, -0.05) is 31.4 Å². The summed E-state index contributed by atoms with van der Waals surface area (Å²) >= 11 is 0. The van der Waals surface area contributed by atoms with Crippen LogP contribution in [0.15, 0.2) is 12.2 Å². The molecule has 0 amide bonds. The van der Waals surface area contributed by atoms with Crippen LogP contribution < -0.4 is 21.3 Å². The van der Waals surface area contributed by atoms with E-state index in [0.29, 0.717) is 24.2 Å². The third-order valence-electron chi connectivity index (χ3n) is 7.95. The highest BCUT2D eigenvalue weighted by Gasteiger charge is 2.24. The smallest absolute Gasteiger partial charge is 0.0378 e. The van der Waals surface area contributed by atoms with Gasteiger partial charge in [-0.3, -0.25) is 9.80 Å². The van der Waals surface area contributed by atoms with Gasteiger partial charge in [-0.25, -0.2) is 0 Å². The van der Waals surface area contributed by atoms with Gasteiger partial charge in [0.2, 0.25) is 0 Å². The van der Waals surface area contributed by atoms with Crippen LogP contribution in [0, 0.1) is 0 Å². The highest BCUT2D eigenvalue weighted by molar-refractivity contribution is 4.99. The Morgan fingerprint density at radius 2 is 1.06 bits per heavy atom. The second kappa shape index (κ2) is 14.0. The average Bonchev–Trinajstić information content (AvgIpc) is 2.85. The molecule has 4 N–H and O–H groups in total. The van der Waals surface area contributed by atoms with Crippen LogP contribution in [-0.2, 0) is 0 Å². The van der Waals surface area contributed by atoms with Crippen molar-refractivity contribution in [3.8, 4) is 0 Å². The fraction of sp³-hybridized carbons (Fsp3) is 0.923. The summed E-state index contributed by atoms with van der Waals surface area (Å²) in [6, 6.07) is 2.55. The first-order valence-electron chi connectivity index (χ1n) is 13.9. The van der Waals surface area contributed by atoms with Gasteiger partial charge in [0.25, 0.3) is 0 Å². The van der Waals surface area contributed by atoms with Crippen LogP contribution in [0.4, 0.5) is 0 Å². The average molecular weight is 447 g/mol. The summed E-state index contributed by atoms with van der Waals surface area (Å²) in [7, 11) is 0. The molecule has 4 rings (SSSR count). The van der Waals surface area contributed by atoms with Crippen molar-refractivity contribution in [2.75, 3.05) is 65.4 Å². The SMILES string of the molecule is C1=CC(CN(CCN(CC2CCCCN2)CC2CCCCN2)CC2CCCCN2)NCC1. The number of hydrogen-bond acceptors (Lipinski definition) is 6. The van der Waals surface area contributed by atoms with E-state index in [2.05, 4.69) is 43.2 Å². The second-order valence-corrected chi connectivity index (χ2v) is 10.7. The molecule has 4 heterocycles. The second-order valence-electron chi connectivity index (χ2n) is 10.7. The highest BCUT2D eigenvalue weighted by atomic mass is 15.2. The van der Waals surface area contributed by atoms with Gasteiger partial charge in [0.05, 0.1) is 0 Å². The maximum atomic E-state index is 3.80. The predicted octanol–water partition coefficient (Wildman–Crippen LogP) is 1.93. The first-order valence-corrected chi connectivity index (χ1v) is 13.9. The molecule has 4 unspecified atom stereocenters. The molecule has 6 nitrogen and oxygen atoms in total. The molecule has 0 aliphatic carbocycles. The van der Waals surface area contributed by atoms with Crippen molar-refractivity contribution in [2.24, 2.45) is 0 Å². The Hall–Kier alpha value is -0.500. The standard InChI is InChI=1S/C26H50N6/c1-5-13-27-23(9-1)19-31(20-24-10-2-6-14-28-24)17-18-32(21-25-11-3-7-15-29-25)22-26-12-4-8-16-30-26/h1,9,23-30H,2-8,10-22H2. The predicted molar refractivity (Wildman–Crippen MR) is 135 cm³/mol. The van der Waals surface area contributed by atoms with E-state index in [4.69, 9.17) is 0 Å². The Labute approximate surface area is 197 Å². The molecule has 0 radical (unpaired) electrons. The minimum Gasteiger partial charge on any atom is -0.313 e. The number of piperidine rings is 3. The minimum atomic E-state index is 0.515. The highest BCUT2D eigenvalue weighted by Crippen LogP contribution is 2.14. The summed E-state index contributed by atoms with van der Waals surface area (Å²) in [6.45, 7) is 11.9. The quantitative estimate of drug-likeness (QED) is 0.364. The lowest BCUT2D eigenvalue weighted by atomic mass is 10.0. The van der Waals surface area contributed by atoms with E-state index in [1.165, 1.54) is 117 Å². The number of rotatable bonds is 11. The zero-order chi connectivity index (χ0) is 21.8. The molecule has 0 spiro atoms. The van der Waals surface area contributed by atoms with E-state index < -0.39 is 0 Å². The van der Waals surface area contributed by atoms with Crippen molar-refractivity contribution in [2.45, 2.75) is 88.4 Å². The number of nitrogens with zero attached hydrogens (tertiary/aromatic N) is 2. The van der Waals surface area contributed by atoms with E-state index >= 15 is 0 Å². The molecular formula is C26H50N6. The van der Waals surface area contributed by atoms with E-state index in [1.54, 1.807) is 0 Å². The zero-order valence-corrected chi connectivity index (χ0v) is 20.5. The molecule has 6 heteroatoms. The fourth-order valence-corrected chi connectivity index (χ4v) is 6.06. The van der Waals surface area contributed by atoms with E-state index in [1.807, 2.05) is 0 Å². The Bertz CT molecular complexity index is 502. The Kier molecular flexibility index (Phi) is 10.8. The maximum Gasteiger partial charge on any atom is 0.0378 e. The molecule has 0 aromatic carbocycles. The van der Waals surface area contributed by atoms with Crippen LogP contribution in [0.2, 0.25) is 0 Å². The van der Waals surface area contributed by atoms with Crippen LogP contribution in [-0.4, -0.2) is 99.4 Å². The lowest BCUT2D eigenvalue weighted by molar-refractivity contribution is 0.149. The molecule has 0 aromatic rings. The van der Waals surface area contributed by atoms with Gasteiger partial charge >= 0.3 is 0 Å². The van der Waals surface area contributed by atoms with Crippen LogP contribution in [0.1, 0.15) is 64.2 Å². The van der Waals surface area contributed by atoms with E-state index in [0.717, 1.165) is 13.1 Å². The van der Waals surface area contributed by atoms with Gasteiger partial charge in [0.1, 0.15) is 0 Å². The van der Waals surface area contributed by atoms with Crippen LogP contribution in [0.3, 0.4) is 0 Å². The van der Waals surface area contributed by atoms with Crippen molar-refractivity contribution in [3.63, 3.8) is 0 Å². The lowest BCUT2D eigenvalue weighted by Gasteiger charge is -2.37. The molecular weight excluding hydrogens is 396 g/mol. The lowest BCUT2D eigenvalue weighted by Crippen LogP contribution is -2.53. The number of nitrogens with one attached hydrogen (secondary N) is 4. The van der Waals surface area contributed by atoms with Crippen LogP contribution in [0.5, 0.6) is 0 Å². The van der Waals surface area contributed by atoms with Crippen molar-refractivity contribution in [3.05, 3.63) is 12.2 Å². The van der Waals surface area contributed by atoms with Crippen molar-refractivity contribution < 1.29 is 0 Å². The molecule has 4 aliphatic heterocycles. The van der Waals surface area contributed by atoms with E-state index in [-0.39, 0.29) is 0 Å². The first-order chi connectivity index (χ1) is 15.8.